The lowest BCUT2D eigenvalue weighted by Crippen LogP contribution is -2.28. The van der Waals surface area contributed by atoms with Gasteiger partial charge in [0.1, 0.15) is 5.75 Å². The second-order valence-corrected chi connectivity index (χ2v) is 3.94. The lowest BCUT2D eigenvalue weighted by molar-refractivity contribution is -0.00341. The van der Waals surface area contributed by atoms with Crippen LogP contribution in [0.15, 0.2) is 12.1 Å². The third-order valence-corrected chi connectivity index (χ3v) is 2.68. The Morgan fingerprint density at radius 1 is 1.44 bits per heavy atom. The fourth-order valence-corrected chi connectivity index (χ4v) is 1.59. The van der Waals surface area contributed by atoms with E-state index in [1.165, 1.54) is 26.3 Å². The summed E-state index contributed by atoms with van der Waals surface area (Å²) in [5.74, 6) is -2.85. The normalized spacial score (nSPS) is 11.6. The molecule has 0 radical (unpaired) electrons. The van der Waals surface area contributed by atoms with Crippen molar-refractivity contribution in [2.45, 2.75) is 12.8 Å². The Morgan fingerprint density at radius 3 is 2.56 bits per heavy atom. The first-order chi connectivity index (χ1) is 7.42. The van der Waals surface area contributed by atoms with E-state index in [1.54, 1.807) is 6.92 Å². The van der Waals surface area contributed by atoms with Crippen molar-refractivity contribution in [3.8, 4) is 5.75 Å². The molecule has 5 heteroatoms. The molecule has 0 unspecified atom stereocenters. The van der Waals surface area contributed by atoms with Crippen LogP contribution in [0.2, 0.25) is 5.02 Å². The standard InChI is InChI=1S/C11H14ClF2NO/c1-7-4-10(16-3)8(5-9(7)12)11(13,14)6-15-2/h4-5,15H,6H2,1-3H3. The van der Waals surface area contributed by atoms with Crippen molar-refractivity contribution in [2.24, 2.45) is 0 Å². The monoisotopic (exact) mass is 249 g/mol. The Hall–Kier alpha value is -0.870. The maximum Gasteiger partial charge on any atom is 0.289 e. The van der Waals surface area contributed by atoms with Crippen LogP contribution in [-0.4, -0.2) is 20.7 Å². The molecule has 0 atom stereocenters. The molecule has 0 bridgehead atoms. The summed E-state index contributed by atoms with van der Waals surface area (Å²) in [6.45, 7) is 1.29. The summed E-state index contributed by atoms with van der Waals surface area (Å²) in [7, 11) is 2.83. The topological polar surface area (TPSA) is 21.3 Å². The van der Waals surface area contributed by atoms with Crippen molar-refractivity contribution in [3.63, 3.8) is 0 Å². The second kappa shape index (κ2) is 4.97. The molecule has 1 rings (SSSR count). The fourth-order valence-electron chi connectivity index (χ4n) is 1.43. The molecule has 0 spiro atoms. The summed E-state index contributed by atoms with van der Waals surface area (Å²) >= 11 is 5.84. The Morgan fingerprint density at radius 2 is 2.06 bits per heavy atom. The predicted octanol–water partition coefficient (Wildman–Crippen LogP) is 2.97. The number of rotatable bonds is 4. The average molecular weight is 250 g/mol. The maximum atomic E-state index is 13.7. The van der Waals surface area contributed by atoms with E-state index in [9.17, 15) is 8.78 Å². The summed E-state index contributed by atoms with van der Waals surface area (Å²) in [4.78, 5) is 0. The van der Waals surface area contributed by atoms with Crippen LogP contribution in [0.4, 0.5) is 8.78 Å². The maximum absolute atomic E-state index is 13.7. The number of alkyl halides is 2. The second-order valence-electron chi connectivity index (χ2n) is 3.54. The Bertz CT molecular complexity index is 382. The number of hydrogen-bond donors (Lipinski definition) is 1. The SMILES string of the molecule is CNCC(F)(F)c1cc(Cl)c(C)cc1OC. The zero-order valence-corrected chi connectivity index (χ0v) is 10.2. The highest BCUT2D eigenvalue weighted by atomic mass is 35.5. The molecule has 0 aliphatic rings. The lowest BCUT2D eigenvalue weighted by Gasteiger charge is -2.20. The van der Waals surface area contributed by atoms with Gasteiger partial charge in [0.25, 0.3) is 5.92 Å². The van der Waals surface area contributed by atoms with Gasteiger partial charge < -0.3 is 10.1 Å². The molecule has 1 aromatic carbocycles. The van der Waals surface area contributed by atoms with Crippen LogP contribution >= 0.6 is 11.6 Å². The number of likely N-dealkylation sites (N-methyl/N-ethyl adjacent to an activating group) is 1. The lowest BCUT2D eigenvalue weighted by atomic mass is 10.0. The summed E-state index contributed by atoms with van der Waals surface area (Å²) in [5, 5.41) is 2.75. The van der Waals surface area contributed by atoms with Crippen LogP contribution in [0.5, 0.6) is 5.75 Å². The zero-order chi connectivity index (χ0) is 12.3. The van der Waals surface area contributed by atoms with Gasteiger partial charge in [0.2, 0.25) is 0 Å². The zero-order valence-electron chi connectivity index (χ0n) is 9.40. The minimum Gasteiger partial charge on any atom is -0.496 e. The molecule has 0 aromatic heterocycles. The van der Waals surface area contributed by atoms with Gasteiger partial charge in [0.05, 0.1) is 19.2 Å². The number of ether oxygens (including phenoxy) is 1. The molecule has 0 aliphatic heterocycles. The first-order valence-electron chi connectivity index (χ1n) is 4.79. The van der Waals surface area contributed by atoms with Crippen molar-refractivity contribution in [1.82, 2.24) is 5.32 Å². The van der Waals surface area contributed by atoms with Gasteiger partial charge in [-0.05, 0) is 31.7 Å². The van der Waals surface area contributed by atoms with Gasteiger partial charge in [-0.3, -0.25) is 0 Å². The fraction of sp³-hybridized carbons (Fsp3) is 0.455. The van der Waals surface area contributed by atoms with Gasteiger partial charge in [-0.25, -0.2) is 0 Å². The molecule has 90 valence electrons. The van der Waals surface area contributed by atoms with Crippen LogP contribution < -0.4 is 10.1 Å². The van der Waals surface area contributed by atoms with Crippen LogP contribution in [0.1, 0.15) is 11.1 Å². The molecule has 0 aliphatic carbocycles. The largest absolute Gasteiger partial charge is 0.496 e. The summed E-state index contributed by atoms with van der Waals surface area (Å²) < 4.78 is 32.4. The van der Waals surface area contributed by atoms with Crippen LogP contribution in [0.3, 0.4) is 0 Å². The van der Waals surface area contributed by atoms with Gasteiger partial charge in [0, 0.05) is 5.02 Å². The number of benzene rings is 1. The number of halogens is 3. The van der Waals surface area contributed by atoms with E-state index in [4.69, 9.17) is 16.3 Å². The molecular formula is C11H14ClF2NO. The third-order valence-electron chi connectivity index (χ3n) is 2.27. The summed E-state index contributed by atoms with van der Waals surface area (Å²) in [5.41, 5.74) is 0.516. The van der Waals surface area contributed by atoms with E-state index in [1.807, 2.05) is 0 Å². The van der Waals surface area contributed by atoms with E-state index in [0.717, 1.165) is 0 Å². The molecular weight excluding hydrogens is 236 g/mol. The molecule has 0 amide bonds. The van der Waals surface area contributed by atoms with Crippen molar-refractivity contribution in [3.05, 3.63) is 28.3 Å². The van der Waals surface area contributed by atoms with E-state index in [2.05, 4.69) is 5.32 Å². The van der Waals surface area contributed by atoms with Crippen molar-refractivity contribution >= 4 is 11.6 Å². The number of nitrogens with one attached hydrogen (secondary N) is 1. The molecule has 0 fully saturated rings. The Labute approximate surface area is 98.6 Å². The predicted molar refractivity (Wildman–Crippen MR) is 60.6 cm³/mol. The average Bonchev–Trinajstić information content (AvgIpc) is 2.21. The minimum absolute atomic E-state index is 0.155. The first-order valence-corrected chi connectivity index (χ1v) is 5.17. The van der Waals surface area contributed by atoms with Gasteiger partial charge in [-0.15, -0.1) is 0 Å². The van der Waals surface area contributed by atoms with Crippen molar-refractivity contribution in [1.29, 1.82) is 0 Å². The number of aryl methyl sites for hydroxylation is 1. The molecule has 1 aromatic rings. The molecule has 0 saturated carbocycles. The van der Waals surface area contributed by atoms with E-state index >= 15 is 0 Å². The van der Waals surface area contributed by atoms with Gasteiger partial charge in [0.15, 0.2) is 0 Å². The number of hydrogen-bond acceptors (Lipinski definition) is 2. The van der Waals surface area contributed by atoms with Crippen LogP contribution in [-0.2, 0) is 5.92 Å². The van der Waals surface area contributed by atoms with Gasteiger partial charge in [-0.1, -0.05) is 11.6 Å². The molecule has 0 heterocycles. The first kappa shape index (κ1) is 13.2. The quantitative estimate of drug-likeness (QED) is 0.886. The minimum atomic E-state index is -3.00. The van der Waals surface area contributed by atoms with E-state index in [0.29, 0.717) is 10.6 Å². The number of methoxy groups -OCH3 is 1. The van der Waals surface area contributed by atoms with Crippen LogP contribution in [0.25, 0.3) is 0 Å². The third kappa shape index (κ3) is 2.62. The smallest absolute Gasteiger partial charge is 0.289 e. The summed E-state index contributed by atoms with van der Waals surface area (Å²) in [6.07, 6.45) is 0. The Balaban J connectivity index is 3.26. The highest BCUT2D eigenvalue weighted by Gasteiger charge is 2.34. The van der Waals surface area contributed by atoms with Gasteiger partial charge >= 0.3 is 0 Å². The van der Waals surface area contributed by atoms with E-state index in [-0.39, 0.29) is 11.3 Å². The van der Waals surface area contributed by atoms with Crippen LogP contribution in [0, 0.1) is 6.92 Å². The van der Waals surface area contributed by atoms with Crippen molar-refractivity contribution < 1.29 is 13.5 Å². The molecule has 0 saturated heterocycles. The Kier molecular flexibility index (Phi) is 4.10. The molecule has 1 N–H and O–H groups in total. The van der Waals surface area contributed by atoms with Gasteiger partial charge in [-0.2, -0.15) is 8.78 Å². The van der Waals surface area contributed by atoms with Crippen molar-refractivity contribution in [2.75, 3.05) is 20.7 Å². The molecule has 16 heavy (non-hydrogen) atoms. The summed E-state index contributed by atoms with van der Waals surface area (Å²) in [6, 6.07) is 2.77. The highest BCUT2D eigenvalue weighted by Crippen LogP contribution is 2.37. The highest BCUT2D eigenvalue weighted by molar-refractivity contribution is 6.31. The molecule has 2 nitrogen and oxygen atoms in total. The van der Waals surface area contributed by atoms with E-state index < -0.39 is 12.5 Å².